The van der Waals surface area contributed by atoms with Gasteiger partial charge in [-0.1, -0.05) is 12.8 Å². The molecule has 1 fully saturated rings. The SMILES string of the molecule is Cc1ccc(CC(C)NCC2(O)CCCC2)s1. The molecule has 1 aromatic rings. The van der Waals surface area contributed by atoms with Gasteiger partial charge >= 0.3 is 0 Å². The highest BCUT2D eigenvalue weighted by Gasteiger charge is 2.30. The fraction of sp³-hybridized carbons (Fsp3) is 0.714. The van der Waals surface area contributed by atoms with Crippen molar-refractivity contribution in [3.8, 4) is 0 Å². The van der Waals surface area contributed by atoms with Crippen molar-refractivity contribution in [3.63, 3.8) is 0 Å². The summed E-state index contributed by atoms with van der Waals surface area (Å²) in [5, 5.41) is 13.7. The molecule has 1 aliphatic rings. The summed E-state index contributed by atoms with van der Waals surface area (Å²) in [6.45, 7) is 5.10. The van der Waals surface area contributed by atoms with E-state index in [1.54, 1.807) is 0 Å². The summed E-state index contributed by atoms with van der Waals surface area (Å²) in [6, 6.07) is 4.83. The van der Waals surface area contributed by atoms with Crippen LogP contribution in [0, 0.1) is 6.92 Å². The third kappa shape index (κ3) is 3.80. The zero-order chi connectivity index (χ0) is 12.3. The Morgan fingerprint density at radius 1 is 1.41 bits per heavy atom. The first-order chi connectivity index (χ1) is 8.07. The van der Waals surface area contributed by atoms with Gasteiger partial charge in [0, 0.05) is 22.3 Å². The predicted molar refractivity (Wildman–Crippen MR) is 73.6 cm³/mol. The van der Waals surface area contributed by atoms with Gasteiger partial charge < -0.3 is 10.4 Å². The van der Waals surface area contributed by atoms with E-state index in [1.807, 2.05) is 11.3 Å². The number of hydrogen-bond acceptors (Lipinski definition) is 3. The number of nitrogens with one attached hydrogen (secondary N) is 1. The molecule has 0 radical (unpaired) electrons. The summed E-state index contributed by atoms with van der Waals surface area (Å²) in [5.74, 6) is 0. The third-order valence-electron chi connectivity index (χ3n) is 3.62. The van der Waals surface area contributed by atoms with Crippen LogP contribution in [-0.2, 0) is 6.42 Å². The molecule has 3 heteroatoms. The molecule has 2 N–H and O–H groups in total. The third-order valence-corrected chi connectivity index (χ3v) is 4.64. The Labute approximate surface area is 108 Å². The molecule has 2 rings (SSSR count). The number of aryl methyl sites for hydroxylation is 1. The minimum atomic E-state index is -0.431. The van der Waals surface area contributed by atoms with Crippen LogP contribution in [-0.4, -0.2) is 23.3 Å². The topological polar surface area (TPSA) is 32.3 Å². The second kappa shape index (κ2) is 5.51. The molecule has 0 saturated heterocycles. The zero-order valence-corrected chi connectivity index (χ0v) is 11.6. The van der Waals surface area contributed by atoms with Crippen LogP contribution in [0.5, 0.6) is 0 Å². The zero-order valence-electron chi connectivity index (χ0n) is 10.8. The van der Waals surface area contributed by atoms with Crippen molar-refractivity contribution in [2.24, 2.45) is 0 Å². The van der Waals surface area contributed by atoms with E-state index in [-0.39, 0.29) is 0 Å². The van der Waals surface area contributed by atoms with Gasteiger partial charge in [-0.25, -0.2) is 0 Å². The Morgan fingerprint density at radius 2 is 2.12 bits per heavy atom. The fourth-order valence-electron chi connectivity index (χ4n) is 2.54. The second-order valence-corrected chi connectivity index (χ2v) is 6.80. The summed E-state index contributed by atoms with van der Waals surface area (Å²) in [7, 11) is 0. The van der Waals surface area contributed by atoms with Crippen LogP contribution in [0.1, 0.15) is 42.4 Å². The van der Waals surface area contributed by atoms with Crippen LogP contribution in [0.25, 0.3) is 0 Å². The molecule has 1 aromatic heterocycles. The van der Waals surface area contributed by atoms with Gasteiger partial charge in [-0.15, -0.1) is 11.3 Å². The smallest absolute Gasteiger partial charge is 0.0771 e. The highest BCUT2D eigenvalue weighted by molar-refractivity contribution is 7.11. The summed E-state index contributed by atoms with van der Waals surface area (Å²) in [5.41, 5.74) is -0.431. The van der Waals surface area contributed by atoms with Crippen LogP contribution < -0.4 is 5.32 Å². The van der Waals surface area contributed by atoms with Crippen LogP contribution in [0.2, 0.25) is 0 Å². The van der Waals surface area contributed by atoms with Crippen LogP contribution >= 0.6 is 11.3 Å². The first kappa shape index (κ1) is 13.1. The summed E-state index contributed by atoms with van der Waals surface area (Å²) in [6.07, 6.45) is 5.34. The Kier molecular flexibility index (Phi) is 4.23. The van der Waals surface area contributed by atoms with Crippen LogP contribution in [0.3, 0.4) is 0 Å². The Bertz CT molecular complexity index is 355. The summed E-state index contributed by atoms with van der Waals surface area (Å²) in [4.78, 5) is 2.81. The molecule has 2 nitrogen and oxygen atoms in total. The average molecular weight is 253 g/mol. The lowest BCUT2D eigenvalue weighted by atomic mass is 10.0. The predicted octanol–water partition coefficient (Wildman–Crippen LogP) is 2.88. The molecule has 1 saturated carbocycles. The van der Waals surface area contributed by atoms with Crippen molar-refractivity contribution in [1.82, 2.24) is 5.32 Å². The maximum Gasteiger partial charge on any atom is 0.0771 e. The number of thiophene rings is 1. The van der Waals surface area contributed by atoms with Crippen molar-refractivity contribution < 1.29 is 5.11 Å². The largest absolute Gasteiger partial charge is 0.389 e. The van der Waals surface area contributed by atoms with Crippen molar-refractivity contribution >= 4 is 11.3 Å². The molecule has 1 aliphatic carbocycles. The monoisotopic (exact) mass is 253 g/mol. The highest BCUT2D eigenvalue weighted by Crippen LogP contribution is 2.28. The summed E-state index contributed by atoms with van der Waals surface area (Å²) >= 11 is 1.87. The molecule has 0 spiro atoms. The normalized spacial score (nSPS) is 20.6. The van der Waals surface area contributed by atoms with Gasteiger partial charge in [0.2, 0.25) is 0 Å². The molecule has 0 aliphatic heterocycles. The molecule has 0 amide bonds. The number of rotatable bonds is 5. The quantitative estimate of drug-likeness (QED) is 0.845. The van der Waals surface area contributed by atoms with Crippen molar-refractivity contribution in [2.45, 2.75) is 57.6 Å². The molecule has 0 bridgehead atoms. The van der Waals surface area contributed by atoms with Gasteiger partial charge in [0.1, 0.15) is 0 Å². The molecule has 1 heterocycles. The van der Waals surface area contributed by atoms with E-state index in [0.717, 1.165) is 25.8 Å². The van der Waals surface area contributed by atoms with Crippen LogP contribution in [0.15, 0.2) is 12.1 Å². The second-order valence-electron chi connectivity index (χ2n) is 5.43. The van der Waals surface area contributed by atoms with Crippen molar-refractivity contribution in [3.05, 3.63) is 21.9 Å². The Balaban J connectivity index is 1.75. The highest BCUT2D eigenvalue weighted by atomic mass is 32.1. The lowest BCUT2D eigenvalue weighted by Crippen LogP contribution is -2.42. The minimum absolute atomic E-state index is 0.431. The first-order valence-electron chi connectivity index (χ1n) is 6.58. The van der Waals surface area contributed by atoms with E-state index in [4.69, 9.17) is 0 Å². The van der Waals surface area contributed by atoms with Gasteiger partial charge in [-0.2, -0.15) is 0 Å². The molecule has 1 unspecified atom stereocenters. The van der Waals surface area contributed by atoms with Crippen LogP contribution in [0.4, 0.5) is 0 Å². The first-order valence-corrected chi connectivity index (χ1v) is 7.40. The molecular weight excluding hydrogens is 230 g/mol. The van der Waals surface area contributed by atoms with E-state index < -0.39 is 5.60 Å². The maximum atomic E-state index is 10.3. The minimum Gasteiger partial charge on any atom is -0.389 e. The van der Waals surface area contributed by atoms with Crippen molar-refractivity contribution in [1.29, 1.82) is 0 Å². The Hall–Kier alpha value is -0.380. The molecule has 96 valence electrons. The number of hydrogen-bond donors (Lipinski definition) is 2. The van der Waals surface area contributed by atoms with Gasteiger partial charge in [-0.3, -0.25) is 0 Å². The Morgan fingerprint density at radius 3 is 2.71 bits per heavy atom. The van der Waals surface area contributed by atoms with Crippen molar-refractivity contribution in [2.75, 3.05) is 6.54 Å². The molecule has 1 atom stereocenters. The summed E-state index contributed by atoms with van der Waals surface area (Å²) < 4.78 is 0. The van der Waals surface area contributed by atoms with E-state index in [1.165, 1.54) is 22.6 Å². The van der Waals surface area contributed by atoms with E-state index >= 15 is 0 Å². The van der Waals surface area contributed by atoms with E-state index in [9.17, 15) is 5.11 Å². The van der Waals surface area contributed by atoms with Gasteiger partial charge in [-0.05, 0) is 45.2 Å². The maximum absolute atomic E-state index is 10.3. The molecule has 17 heavy (non-hydrogen) atoms. The average Bonchev–Trinajstić information content (AvgIpc) is 2.86. The number of aliphatic hydroxyl groups is 1. The van der Waals surface area contributed by atoms with E-state index in [0.29, 0.717) is 6.04 Å². The lowest BCUT2D eigenvalue weighted by molar-refractivity contribution is 0.0454. The fourth-order valence-corrected chi connectivity index (χ4v) is 3.56. The lowest BCUT2D eigenvalue weighted by Gasteiger charge is -2.25. The van der Waals surface area contributed by atoms with Gasteiger partial charge in [0.05, 0.1) is 5.60 Å². The molecular formula is C14H23NOS. The van der Waals surface area contributed by atoms with E-state index in [2.05, 4.69) is 31.3 Å². The standard InChI is InChI=1S/C14H23NOS/c1-11(9-13-6-5-12(2)17-13)15-10-14(16)7-3-4-8-14/h5-6,11,15-16H,3-4,7-10H2,1-2H3. The van der Waals surface area contributed by atoms with Gasteiger partial charge in [0.15, 0.2) is 0 Å². The molecule has 0 aromatic carbocycles. The van der Waals surface area contributed by atoms with Gasteiger partial charge in [0.25, 0.3) is 0 Å².